The Kier molecular flexibility index (Phi) is 14.0. The zero-order valence-electron chi connectivity index (χ0n) is 25.1. The number of nitrogens with zero attached hydrogens (tertiary/aromatic N) is 1. The fourth-order valence-corrected chi connectivity index (χ4v) is 4.16. The average molecular weight is 547 g/mol. The lowest BCUT2D eigenvalue weighted by atomic mass is 9.96. The quantitative estimate of drug-likeness (QED) is 0.273. The van der Waals surface area contributed by atoms with E-state index in [-0.39, 0.29) is 24.8 Å². The minimum Gasteiger partial charge on any atom is -0.444 e. The van der Waals surface area contributed by atoms with Crippen LogP contribution in [0.1, 0.15) is 104 Å². The van der Waals surface area contributed by atoms with Gasteiger partial charge in [-0.1, -0.05) is 57.0 Å². The van der Waals surface area contributed by atoms with E-state index in [4.69, 9.17) is 10.5 Å². The van der Waals surface area contributed by atoms with Crippen LogP contribution >= 0.6 is 0 Å². The zero-order chi connectivity index (χ0) is 29.8. The van der Waals surface area contributed by atoms with Crippen LogP contribution in [0, 0.1) is 12.8 Å². The van der Waals surface area contributed by atoms with E-state index in [0.29, 0.717) is 24.4 Å². The van der Waals surface area contributed by atoms with E-state index in [1.54, 1.807) is 25.7 Å². The topological polar surface area (TPSA) is 131 Å². The first-order chi connectivity index (χ1) is 18.2. The van der Waals surface area contributed by atoms with Gasteiger partial charge in [-0.15, -0.1) is 0 Å². The minimum atomic E-state index is -1.11. The second kappa shape index (κ2) is 16.1. The Balaban J connectivity index is 3.58. The van der Waals surface area contributed by atoms with Crippen LogP contribution in [0.2, 0.25) is 0 Å². The monoisotopic (exact) mass is 546 g/mol. The highest BCUT2D eigenvalue weighted by molar-refractivity contribution is 5.92. The molecule has 39 heavy (non-hydrogen) atoms. The van der Waals surface area contributed by atoms with Gasteiger partial charge in [-0.3, -0.25) is 14.4 Å². The van der Waals surface area contributed by atoms with Crippen LogP contribution in [0.15, 0.2) is 24.3 Å². The molecular weight excluding hydrogens is 496 g/mol. The van der Waals surface area contributed by atoms with E-state index >= 15 is 0 Å². The molecule has 3 atom stereocenters. The summed E-state index contributed by atoms with van der Waals surface area (Å²) in [6, 6.07) is 5.17. The summed E-state index contributed by atoms with van der Waals surface area (Å²) >= 11 is 0. The van der Waals surface area contributed by atoms with Gasteiger partial charge in [0.15, 0.2) is 0 Å². The van der Waals surface area contributed by atoms with E-state index in [9.17, 15) is 19.2 Å². The molecule has 4 amide bonds. The standard InChI is InChI=1S/C30H50N4O5/c1-9-10-19-32-27(36)26(23-15-12-21(4)13-16-23)34(22(5)14-11-20(2)3)28(37)24(17-18-25(31)35)33-29(38)39-30(6,7)8/h12-13,15-16,20,22,24,26H,9-11,14,17-19H2,1-8H3,(H2,31,35)(H,32,36)(H,33,38). The van der Waals surface area contributed by atoms with Crippen LogP contribution in [0.3, 0.4) is 0 Å². The smallest absolute Gasteiger partial charge is 0.408 e. The number of aryl methyl sites for hydroxylation is 1. The van der Waals surface area contributed by atoms with Crippen LogP contribution in [0.5, 0.6) is 0 Å². The summed E-state index contributed by atoms with van der Waals surface area (Å²) in [5.41, 5.74) is 6.32. The van der Waals surface area contributed by atoms with Gasteiger partial charge in [0, 0.05) is 19.0 Å². The summed E-state index contributed by atoms with van der Waals surface area (Å²) in [7, 11) is 0. The molecule has 0 aliphatic heterocycles. The fourth-order valence-electron chi connectivity index (χ4n) is 4.16. The van der Waals surface area contributed by atoms with Crippen LogP contribution in [-0.4, -0.2) is 52.9 Å². The summed E-state index contributed by atoms with van der Waals surface area (Å²) in [5.74, 6) is -0.950. The number of alkyl carbamates (subject to hydrolysis) is 1. The maximum atomic E-state index is 14.3. The van der Waals surface area contributed by atoms with E-state index in [2.05, 4.69) is 24.5 Å². The molecule has 4 N–H and O–H groups in total. The van der Waals surface area contributed by atoms with Crippen molar-refractivity contribution in [3.63, 3.8) is 0 Å². The van der Waals surface area contributed by atoms with Crippen molar-refractivity contribution in [1.29, 1.82) is 0 Å². The SMILES string of the molecule is CCCCNC(=O)C(c1ccc(C)cc1)N(C(=O)C(CCC(N)=O)NC(=O)OC(C)(C)C)C(C)CCC(C)C. The van der Waals surface area contributed by atoms with Crippen molar-refractivity contribution in [2.45, 2.75) is 118 Å². The van der Waals surface area contributed by atoms with Gasteiger partial charge in [0.05, 0.1) is 0 Å². The Morgan fingerprint density at radius 3 is 2.13 bits per heavy atom. The number of carbonyl (C=O) groups is 4. The average Bonchev–Trinajstić information content (AvgIpc) is 2.82. The molecule has 0 saturated heterocycles. The molecule has 0 fully saturated rings. The Morgan fingerprint density at radius 2 is 1.62 bits per heavy atom. The third-order valence-corrected chi connectivity index (χ3v) is 6.31. The fraction of sp³-hybridized carbons (Fsp3) is 0.667. The molecule has 0 heterocycles. The molecule has 0 aliphatic carbocycles. The molecule has 1 aromatic rings. The van der Waals surface area contributed by atoms with Gasteiger partial charge < -0.3 is 26.0 Å². The number of hydrogen-bond acceptors (Lipinski definition) is 5. The van der Waals surface area contributed by atoms with Crippen LogP contribution in [0.4, 0.5) is 4.79 Å². The van der Waals surface area contributed by atoms with Gasteiger partial charge in [-0.2, -0.15) is 0 Å². The highest BCUT2D eigenvalue weighted by Gasteiger charge is 2.38. The molecular formula is C30H50N4O5. The van der Waals surface area contributed by atoms with E-state index in [1.165, 1.54) is 0 Å². The summed E-state index contributed by atoms with van der Waals surface area (Å²) in [6.45, 7) is 15.8. The van der Waals surface area contributed by atoms with E-state index in [1.807, 2.05) is 45.0 Å². The summed E-state index contributed by atoms with van der Waals surface area (Å²) in [5, 5.41) is 5.64. The van der Waals surface area contributed by atoms with Gasteiger partial charge in [-0.05, 0) is 71.8 Å². The first kappa shape index (κ1) is 33.9. The Labute approximate surface area is 234 Å². The lowest BCUT2D eigenvalue weighted by Crippen LogP contribution is -2.55. The number of nitrogens with one attached hydrogen (secondary N) is 2. The number of hydrogen-bond donors (Lipinski definition) is 3. The molecule has 1 rings (SSSR count). The summed E-state index contributed by atoms with van der Waals surface area (Å²) < 4.78 is 5.40. The van der Waals surface area contributed by atoms with Gasteiger partial charge >= 0.3 is 6.09 Å². The number of benzene rings is 1. The number of carbonyl (C=O) groups excluding carboxylic acids is 4. The van der Waals surface area contributed by atoms with Gasteiger partial charge in [-0.25, -0.2) is 4.79 Å². The number of primary amides is 1. The van der Waals surface area contributed by atoms with Gasteiger partial charge in [0.1, 0.15) is 17.7 Å². The largest absolute Gasteiger partial charge is 0.444 e. The number of unbranched alkanes of at least 4 members (excludes halogenated alkanes) is 1. The maximum absolute atomic E-state index is 14.3. The number of amides is 4. The normalized spacial score (nSPS) is 13.8. The van der Waals surface area contributed by atoms with Crippen LogP contribution < -0.4 is 16.4 Å². The summed E-state index contributed by atoms with van der Waals surface area (Å²) in [6.07, 6.45) is 2.32. The van der Waals surface area contributed by atoms with Crippen LogP contribution in [0.25, 0.3) is 0 Å². The zero-order valence-corrected chi connectivity index (χ0v) is 25.1. The number of rotatable bonds is 15. The Morgan fingerprint density at radius 1 is 1.00 bits per heavy atom. The second-order valence-electron chi connectivity index (χ2n) is 11.7. The van der Waals surface area contributed by atoms with Gasteiger partial charge in [0.25, 0.3) is 0 Å². The predicted octanol–water partition coefficient (Wildman–Crippen LogP) is 4.76. The molecule has 0 saturated carbocycles. The maximum Gasteiger partial charge on any atom is 0.408 e. The number of ether oxygens (including phenoxy) is 1. The minimum absolute atomic E-state index is 0.0150. The lowest BCUT2D eigenvalue weighted by molar-refractivity contribution is -0.145. The molecule has 3 unspecified atom stereocenters. The van der Waals surface area contributed by atoms with Crippen molar-refractivity contribution in [2.24, 2.45) is 11.7 Å². The first-order valence-corrected chi connectivity index (χ1v) is 14.1. The van der Waals surface area contributed by atoms with E-state index in [0.717, 1.165) is 24.8 Å². The van der Waals surface area contributed by atoms with Gasteiger partial charge in [0.2, 0.25) is 17.7 Å². The molecule has 0 radical (unpaired) electrons. The van der Waals surface area contributed by atoms with Crippen molar-refractivity contribution in [3.8, 4) is 0 Å². The predicted molar refractivity (Wildman–Crippen MR) is 154 cm³/mol. The van der Waals surface area contributed by atoms with E-state index < -0.39 is 35.6 Å². The number of nitrogens with two attached hydrogens (primary N) is 1. The summed E-state index contributed by atoms with van der Waals surface area (Å²) in [4.78, 5) is 53.9. The Hall–Kier alpha value is -3.10. The molecule has 1 aromatic carbocycles. The van der Waals surface area contributed by atoms with Crippen molar-refractivity contribution in [3.05, 3.63) is 35.4 Å². The van der Waals surface area contributed by atoms with Crippen molar-refractivity contribution >= 4 is 23.8 Å². The third kappa shape index (κ3) is 12.5. The molecule has 9 nitrogen and oxygen atoms in total. The highest BCUT2D eigenvalue weighted by Crippen LogP contribution is 2.28. The van der Waals surface area contributed by atoms with Crippen LogP contribution in [-0.2, 0) is 19.1 Å². The third-order valence-electron chi connectivity index (χ3n) is 6.31. The molecule has 0 aliphatic rings. The van der Waals surface area contributed by atoms with Crippen molar-refractivity contribution < 1.29 is 23.9 Å². The van der Waals surface area contributed by atoms with Crippen molar-refractivity contribution in [2.75, 3.05) is 6.54 Å². The Bertz CT molecular complexity index is 940. The van der Waals surface area contributed by atoms with Crippen molar-refractivity contribution in [1.82, 2.24) is 15.5 Å². The second-order valence-corrected chi connectivity index (χ2v) is 11.7. The molecule has 0 spiro atoms. The lowest BCUT2D eigenvalue weighted by Gasteiger charge is -2.39. The molecule has 0 aromatic heterocycles. The molecule has 220 valence electrons. The molecule has 9 heteroatoms. The highest BCUT2D eigenvalue weighted by atomic mass is 16.6. The first-order valence-electron chi connectivity index (χ1n) is 14.1. The molecule has 0 bridgehead atoms.